The highest BCUT2D eigenvalue weighted by molar-refractivity contribution is 5.21. The van der Waals surface area contributed by atoms with Gasteiger partial charge in [-0.2, -0.15) is 0 Å². The Morgan fingerprint density at radius 1 is 1.29 bits per heavy atom. The third kappa shape index (κ3) is 2.48. The Morgan fingerprint density at radius 3 is 2.79 bits per heavy atom. The van der Waals surface area contributed by atoms with Crippen molar-refractivity contribution in [3.8, 4) is 5.75 Å². The van der Waals surface area contributed by atoms with Crippen LogP contribution in [-0.2, 0) is 0 Å². The van der Waals surface area contributed by atoms with E-state index in [9.17, 15) is 0 Å². The summed E-state index contributed by atoms with van der Waals surface area (Å²) in [6, 6.07) is 10.1. The largest absolute Gasteiger partial charge is 0.489 e. The average Bonchev–Trinajstić information content (AvgIpc) is 2.19. The van der Waals surface area contributed by atoms with Gasteiger partial charge in [-0.3, -0.25) is 0 Å². The van der Waals surface area contributed by atoms with E-state index in [0.29, 0.717) is 6.10 Å². The lowest BCUT2D eigenvalue weighted by molar-refractivity contribution is 0.104. The first-order valence-electron chi connectivity index (χ1n) is 5.25. The molecule has 14 heavy (non-hydrogen) atoms. The first-order chi connectivity index (χ1) is 6.84. The van der Waals surface area contributed by atoms with Gasteiger partial charge < -0.3 is 9.64 Å². The second-order valence-corrected chi connectivity index (χ2v) is 3.96. The molecular formula is C12H17NO. The summed E-state index contributed by atoms with van der Waals surface area (Å²) >= 11 is 0. The molecular weight excluding hydrogens is 174 g/mol. The number of nitrogens with zero attached hydrogens (tertiary/aromatic N) is 1. The van der Waals surface area contributed by atoms with Crippen LogP contribution in [0.15, 0.2) is 30.3 Å². The molecule has 1 aromatic carbocycles. The number of piperidine rings is 1. The minimum atomic E-state index is 0.371. The van der Waals surface area contributed by atoms with Crippen LogP contribution >= 0.6 is 0 Å². The molecule has 0 spiro atoms. The molecule has 76 valence electrons. The second-order valence-electron chi connectivity index (χ2n) is 3.96. The number of ether oxygens (including phenoxy) is 1. The monoisotopic (exact) mass is 191 g/mol. The zero-order chi connectivity index (χ0) is 9.80. The van der Waals surface area contributed by atoms with Crippen molar-refractivity contribution in [1.82, 2.24) is 4.90 Å². The predicted molar refractivity (Wildman–Crippen MR) is 57.6 cm³/mol. The number of rotatable bonds is 2. The van der Waals surface area contributed by atoms with Gasteiger partial charge in [0.25, 0.3) is 0 Å². The lowest BCUT2D eigenvalue weighted by Crippen LogP contribution is -2.38. The highest BCUT2D eigenvalue weighted by atomic mass is 16.5. The summed E-state index contributed by atoms with van der Waals surface area (Å²) in [5, 5.41) is 0. The van der Waals surface area contributed by atoms with Crippen LogP contribution in [0.5, 0.6) is 5.75 Å². The predicted octanol–water partition coefficient (Wildman–Crippen LogP) is 2.16. The molecule has 0 aliphatic carbocycles. The maximum atomic E-state index is 5.88. The number of para-hydroxylation sites is 1. The second kappa shape index (κ2) is 4.47. The molecule has 2 nitrogen and oxygen atoms in total. The average molecular weight is 191 g/mol. The summed E-state index contributed by atoms with van der Waals surface area (Å²) in [5.41, 5.74) is 0. The maximum absolute atomic E-state index is 5.88. The van der Waals surface area contributed by atoms with E-state index in [-0.39, 0.29) is 0 Å². The third-order valence-electron chi connectivity index (χ3n) is 2.63. The zero-order valence-electron chi connectivity index (χ0n) is 8.65. The normalized spacial score (nSPS) is 23.4. The Bertz CT molecular complexity index is 273. The molecule has 1 aliphatic heterocycles. The van der Waals surface area contributed by atoms with E-state index in [2.05, 4.69) is 11.9 Å². The molecule has 1 aliphatic rings. The van der Waals surface area contributed by atoms with E-state index in [1.165, 1.54) is 19.4 Å². The zero-order valence-corrected chi connectivity index (χ0v) is 8.65. The highest BCUT2D eigenvalue weighted by Gasteiger charge is 2.17. The van der Waals surface area contributed by atoms with E-state index in [0.717, 1.165) is 12.3 Å². The first-order valence-corrected chi connectivity index (χ1v) is 5.25. The van der Waals surface area contributed by atoms with Crippen molar-refractivity contribution >= 4 is 0 Å². The summed E-state index contributed by atoms with van der Waals surface area (Å²) in [4.78, 5) is 2.33. The molecule has 2 heteroatoms. The van der Waals surface area contributed by atoms with E-state index in [1.807, 2.05) is 30.3 Å². The Kier molecular flexibility index (Phi) is 3.04. The van der Waals surface area contributed by atoms with Gasteiger partial charge in [-0.05, 0) is 38.6 Å². The maximum Gasteiger partial charge on any atom is 0.119 e. The molecule has 0 amide bonds. The summed E-state index contributed by atoms with van der Waals surface area (Å²) < 4.78 is 5.88. The molecule has 1 heterocycles. The lowest BCUT2D eigenvalue weighted by Gasteiger charge is -2.29. The van der Waals surface area contributed by atoms with E-state index < -0.39 is 0 Å². The number of hydrogen-bond donors (Lipinski definition) is 0. The van der Waals surface area contributed by atoms with Crippen LogP contribution in [-0.4, -0.2) is 31.1 Å². The van der Waals surface area contributed by atoms with Crippen LogP contribution in [0.4, 0.5) is 0 Å². The van der Waals surface area contributed by atoms with Gasteiger partial charge >= 0.3 is 0 Å². The molecule has 0 N–H and O–H groups in total. The number of hydrogen-bond acceptors (Lipinski definition) is 2. The molecule has 0 saturated carbocycles. The van der Waals surface area contributed by atoms with Gasteiger partial charge in [0.1, 0.15) is 11.9 Å². The van der Waals surface area contributed by atoms with Gasteiger partial charge in [0.2, 0.25) is 0 Å². The van der Waals surface area contributed by atoms with Gasteiger partial charge in [0.05, 0.1) is 0 Å². The molecule has 1 atom stereocenters. The SMILES string of the molecule is CN1CCCC(Oc2ccccc2)C1. The van der Waals surface area contributed by atoms with E-state index in [1.54, 1.807) is 0 Å². The fourth-order valence-electron chi connectivity index (χ4n) is 1.91. The van der Waals surface area contributed by atoms with Crippen LogP contribution in [0, 0.1) is 0 Å². The number of benzene rings is 1. The van der Waals surface area contributed by atoms with E-state index in [4.69, 9.17) is 4.74 Å². The minimum absolute atomic E-state index is 0.371. The van der Waals surface area contributed by atoms with Crippen LogP contribution in [0.25, 0.3) is 0 Å². The van der Waals surface area contributed by atoms with Crippen LogP contribution in [0.2, 0.25) is 0 Å². The Balaban J connectivity index is 1.91. The molecule has 1 unspecified atom stereocenters. The molecule has 0 bridgehead atoms. The van der Waals surface area contributed by atoms with Crippen molar-refractivity contribution in [1.29, 1.82) is 0 Å². The Hall–Kier alpha value is -1.02. The fourth-order valence-corrected chi connectivity index (χ4v) is 1.91. The number of likely N-dealkylation sites (N-methyl/N-ethyl adjacent to an activating group) is 1. The molecule has 1 saturated heterocycles. The third-order valence-corrected chi connectivity index (χ3v) is 2.63. The molecule has 0 radical (unpaired) electrons. The van der Waals surface area contributed by atoms with Crippen molar-refractivity contribution in [2.75, 3.05) is 20.1 Å². The van der Waals surface area contributed by atoms with Gasteiger partial charge in [-0.1, -0.05) is 18.2 Å². The van der Waals surface area contributed by atoms with Crippen molar-refractivity contribution < 1.29 is 4.74 Å². The Morgan fingerprint density at radius 2 is 2.07 bits per heavy atom. The van der Waals surface area contributed by atoms with Gasteiger partial charge in [0.15, 0.2) is 0 Å². The molecule has 0 aromatic heterocycles. The smallest absolute Gasteiger partial charge is 0.119 e. The molecule has 1 fully saturated rings. The van der Waals surface area contributed by atoms with Crippen molar-refractivity contribution in [3.63, 3.8) is 0 Å². The fraction of sp³-hybridized carbons (Fsp3) is 0.500. The highest BCUT2D eigenvalue weighted by Crippen LogP contribution is 2.16. The van der Waals surface area contributed by atoms with Gasteiger partial charge in [-0.15, -0.1) is 0 Å². The van der Waals surface area contributed by atoms with Crippen molar-refractivity contribution in [2.24, 2.45) is 0 Å². The summed E-state index contributed by atoms with van der Waals surface area (Å²) in [5.74, 6) is 0.993. The summed E-state index contributed by atoms with van der Waals surface area (Å²) in [6.45, 7) is 2.25. The summed E-state index contributed by atoms with van der Waals surface area (Å²) in [6.07, 6.45) is 2.80. The standard InChI is InChI=1S/C12H17NO/c1-13-9-5-8-12(10-13)14-11-6-3-2-4-7-11/h2-4,6-7,12H,5,8-10H2,1H3. The first kappa shape index (κ1) is 9.53. The van der Waals surface area contributed by atoms with Crippen LogP contribution in [0.1, 0.15) is 12.8 Å². The quantitative estimate of drug-likeness (QED) is 0.710. The molecule has 1 aromatic rings. The topological polar surface area (TPSA) is 12.5 Å². The van der Waals surface area contributed by atoms with Gasteiger partial charge in [-0.25, -0.2) is 0 Å². The van der Waals surface area contributed by atoms with Crippen molar-refractivity contribution in [3.05, 3.63) is 30.3 Å². The van der Waals surface area contributed by atoms with Gasteiger partial charge in [0, 0.05) is 6.54 Å². The van der Waals surface area contributed by atoms with E-state index >= 15 is 0 Å². The summed E-state index contributed by atoms with van der Waals surface area (Å²) in [7, 11) is 2.15. The lowest BCUT2D eigenvalue weighted by atomic mass is 10.1. The van der Waals surface area contributed by atoms with Crippen LogP contribution in [0.3, 0.4) is 0 Å². The minimum Gasteiger partial charge on any atom is -0.489 e. The van der Waals surface area contributed by atoms with Crippen LogP contribution < -0.4 is 4.74 Å². The van der Waals surface area contributed by atoms with Crippen molar-refractivity contribution in [2.45, 2.75) is 18.9 Å². The molecule has 2 rings (SSSR count). The number of likely N-dealkylation sites (tertiary alicyclic amines) is 1. The Labute approximate surface area is 85.5 Å².